The van der Waals surface area contributed by atoms with Crippen LogP contribution in [0.2, 0.25) is 0 Å². The van der Waals surface area contributed by atoms with Gasteiger partial charge < -0.3 is 9.64 Å². The van der Waals surface area contributed by atoms with Crippen molar-refractivity contribution in [1.82, 2.24) is 5.32 Å². The topological polar surface area (TPSA) is 41.6 Å². The van der Waals surface area contributed by atoms with Crippen molar-refractivity contribution in [2.24, 2.45) is 0 Å². The zero-order valence-corrected chi connectivity index (χ0v) is 14.5. The van der Waals surface area contributed by atoms with Crippen molar-refractivity contribution < 1.29 is 13.9 Å². The van der Waals surface area contributed by atoms with E-state index in [9.17, 15) is 9.18 Å². The summed E-state index contributed by atoms with van der Waals surface area (Å²) in [7, 11) is 0. The van der Waals surface area contributed by atoms with E-state index in [1.807, 2.05) is 38.1 Å². The first-order valence-corrected chi connectivity index (χ1v) is 8.65. The quantitative estimate of drug-likeness (QED) is 0.871. The van der Waals surface area contributed by atoms with Crippen molar-refractivity contribution >= 4 is 11.6 Å². The second-order valence-corrected chi connectivity index (χ2v) is 6.18. The third-order valence-corrected chi connectivity index (χ3v) is 4.47. The molecule has 2 aromatic carbocycles. The Balaban J connectivity index is 1.68. The molecule has 0 aliphatic carbocycles. The smallest absolute Gasteiger partial charge is 0.244 e. The first-order chi connectivity index (χ1) is 12.1. The van der Waals surface area contributed by atoms with Crippen molar-refractivity contribution in [2.45, 2.75) is 32.4 Å². The lowest BCUT2D eigenvalue weighted by Gasteiger charge is -2.21. The van der Waals surface area contributed by atoms with Crippen molar-refractivity contribution in [2.75, 3.05) is 18.1 Å². The molecule has 3 rings (SSSR count). The summed E-state index contributed by atoms with van der Waals surface area (Å²) in [6.07, 6.45) is 0.655. The average Bonchev–Trinajstić information content (AvgIpc) is 2.96. The number of benzene rings is 2. The third kappa shape index (κ3) is 3.82. The summed E-state index contributed by atoms with van der Waals surface area (Å²) in [5.41, 5.74) is 1.41. The van der Waals surface area contributed by atoms with E-state index >= 15 is 0 Å². The first-order valence-electron chi connectivity index (χ1n) is 8.65. The van der Waals surface area contributed by atoms with Gasteiger partial charge in [0.1, 0.15) is 11.6 Å². The molecule has 1 N–H and O–H groups in total. The maximum Gasteiger partial charge on any atom is 0.244 e. The van der Waals surface area contributed by atoms with Crippen LogP contribution in [-0.4, -0.2) is 25.1 Å². The van der Waals surface area contributed by atoms with Crippen molar-refractivity contribution in [1.29, 1.82) is 0 Å². The summed E-state index contributed by atoms with van der Waals surface area (Å²) >= 11 is 0. The molecule has 1 aliphatic heterocycles. The Labute approximate surface area is 147 Å². The summed E-state index contributed by atoms with van der Waals surface area (Å²) in [6, 6.07) is 13.9. The van der Waals surface area contributed by atoms with Gasteiger partial charge in [-0.05, 0) is 50.1 Å². The minimum absolute atomic E-state index is 0.00470. The SMILES string of the molecule is CCOc1cccc(C(C)NC2CCN(c3ccccc3F)C2=O)c1. The van der Waals surface area contributed by atoms with Gasteiger partial charge in [0.2, 0.25) is 5.91 Å². The van der Waals surface area contributed by atoms with Gasteiger partial charge in [0.05, 0.1) is 18.3 Å². The molecule has 1 amide bonds. The fraction of sp³-hybridized carbons (Fsp3) is 0.350. The number of amides is 1. The van der Waals surface area contributed by atoms with E-state index in [0.717, 1.165) is 11.3 Å². The minimum Gasteiger partial charge on any atom is -0.494 e. The summed E-state index contributed by atoms with van der Waals surface area (Å²) in [6.45, 7) is 5.10. The number of ether oxygens (including phenoxy) is 1. The normalized spacial score (nSPS) is 18.4. The second-order valence-electron chi connectivity index (χ2n) is 6.18. The number of anilines is 1. The Morgan fingerprint density at radius 1 is 1.28 bits per heavy atom. The van der Waals surface area contributed by atoms with Gasteiger partial charge >= 0.3 is 0 Å². The predicted molar refractivity (Wildman–Crippen MR) is 96.3 cm³/mol. The molecule has 0 spiro atoms. The van der Waals surface area contributed by atoms with E-state index in [2.05, 4.69) is 5.32 Å². The summed E-state index contributed by atoms with van der Waals surface area (Å²) in [5.74, 6) is 0.367. The van der Waals surface area contributed by atoms with Crippen LogP contribution < -0.4 is 15.0 Å². The Bertz CT molecular complexity index is 750. The maximum atomic E-state index is 14.0. The van der Waals surface area contributed by atoms with Gasteiger partial charge in [-0.15, -0.1) is 0 Å². The highest BCUT2D eigenvalue weighted by atomic mass is 19.1. The standard InChI is InChI=1S/C20H23FN2O2/c1-3-25-16-8-6-7-15(13-16)14(2)22-18-11-12-23(20(18)24)19-10-5-4-9-17(19)21/h4-10,13-14,18,22H,3,11-12H2,1-2H3. The van der Waals surface area contributed by atoms with Crippen LogP contribution in [0.5, 0.6) is 5.75 Å². The highest BCUT2D eigenvalue weighted by Crippen LogP contribution is 2.26. The molecule has 0 saturated carbocycles. The molecule has 1 fully saturated rings. The zero-order chi connectivity index (χ0) is 17.8. The molecule has 2 atom stereocenters. The molecule has 1 aliphatic rings. The zero-order valence-electron chi connectivity index (χ0n) is 14.5. The molecule has 0 radical (unpaired) electrons. The number of carbonyl (C=O) groups excluding carboxylic acids is 1. The molecular formula is C20H23FN2O2. The van der Waals surface area contributed by atoms with Crippen LogP contribution in [0.15, 0.2) is 48.5 Å². The predicted octanol–water partition coefficient (Wildman–Crippen LogP) is 3.68. The van der Waals surface area contributed by atoms with Crippen molar-refractivity contribution in [3.8, 4) is 5.75 Å². The van der Waals surface area contributed by atoms with Gasteiger partial charge in [-0.25, -0.2) is 4.39 Å². The van der Waals surface area contributed by atoms with Crippen LogP contribution in [0, 0.1) is 5.82 Å². The van der Waals surface area contributed by atoms with E-state index in [1.54, 1.807) is 18.2 Å². The summed E-state index contributed by atoms with van der Waals surface area (Å²) in [5, 5.41) is 3.36. The Kier molecular flexibility index (Phi) is 5.34. The number of nitrogens with one attached hydrogen (secondary N) is 1. The Hall–Kier alpha value is -2.40. The van der Waals surface area contributed by atoms with Crippen LogP contribution in [0.1, 0.15) is 31.9 Å². The van der Waals surface area contributed by atoms with Gasteiger partial charge in [-0.3, -0.25) is 10.1 Å². The fourth-order valence-corrected chi connectivity index (χ4v) is 3.18. The molecule has 1 heterocycles. The average molecular weight is 342 g/mol. The molecule has 4 nitrogen and oxygen atoms in total. The summed E-state index contributed by atoms with van der Waals surface area (Å²) in [4.78, 5) is 14.2. The van der Waals surface area contributed by atoms with E-state index < -0.39 is 0 Å². The minimum atomic E-state index is -0.367. The van der Waals surface area contributed by atoms with Gasteiger partial charge in [-0.2, -0.15) is 0 Å². The maximum absolute atomic E-state index is 14.0. The van der Waals surface area contributed by atoms with E-state index in [-0.39, 0.29) is 23.8 Å². The number of hydrogen-bond acceptors (Lipinski definition) is 3. The van der Waals surface area contributed by atoms with Crippen LogP contribution >= 0.6 is 0 Å². The van der Waals surface area contributed by atoms with E-state index in [1.165, 1.54) is 11.0 Å². The highest BCUT2D eigenvalue weighted by molar-refractivity contribution is 5.99. The lowest BCUT2D eigenvalue weighted by atomic mass is 10.1. The lowest BCUT2D eigenvalue weighted by molar-refractivity contribution is -0.119. The first kappa shape index (κ1) is 17.4. The molecule has 0 bridgehead atoms. The number of carbonyl (C=O) groups is 1. The number of para-hydroxylation sites is 1. The van der Waals surface area contributed by atoms with Crippen LogP contribution in [-0.2, 0) is 4.79 Å². The molecule has 25 heavy (non-hydrogen) atoms. The van der Waals surface area contributed by atoms with Crippen LogP contribution in [0.3, 0.4) is 0 Å². The molecule has 0 aromatic heterocycles. The van der Waals surface area contributed by atoms with Crippen molar-refractivity contribution in [3.63, 3.8) is 0 Å². The molecule has 132 valence electrons. The summed E-state index contributed by atoms with van der Waals surface area (Å²) < 4.78 is 19.5. The van der Waals surface area contributed by atoms with Gasteiger partial charge in [0.15, 0.2) is 0 Å². The molecule has 2 unspecified atom stereocenters. The Morgan fingerprint density at radius 3 is 2.84 bits per heavy atom. The lowest BCUT2D eigenvalue weighted by Crippen LogP contribution is -2.39. The fourth-order valence-electron chi connectivity index (χ4n) is 3.18. The molecule has 2 aromatic rings. The number of rotatable bonds is 6. The van der Waals surface area contributed by atoms with Crippen LogP contribution in [0.4, 0.5) is 10.1 Å². The molecule has 1 saturated heterocycles. The van der Waals surface area contributed by atoms with Crippen molar-refractivity contribution in [3.05, 3.63) is 59.9 Å². The number of halogens is 1. The van der Waals surface area contributed by atoms with Gasteiger partial charge in [0.25, 0.3) is 0 Å². The van der Waals surface area contributed by atoms with E-state index in [0.29, 0.717) is 25.3 Å². The number of nitrogens with zero attached hydrogens (tertiary/aromatic N) is 1. The second kappa shape index (κ2) is 7.66. The van der Waals surface area contributed by atoms with Gasteiger partial charge in [-0.1, -0.05) is 24.3 Å². The molecular weight excluding hydrogens is 319 g/mol. The molecule has 5 heteroatoms. The number of hydrogen-bond donors (Lipinski definition) is 1. The highest BCUT2D eigenvalue weighted by Gasteiger charge is 2.34. The van der Waals surface area contributed by atoms with E-state index in [4.69, 9.17) is 4.74 Å². The van der Waals surface area contributed by atoms with Crippen LogP contribution in [0.25, 0.3) is 0 Å². The Morgan fingerprint density at radius 2 is 2.08 bits per heavy atom. The largest absolute Gasteiger partial charge is 0.494 e. The third-order valence-electron chi connectivity index (χ3n) is 4.47. The monoisotopic (exact) mass is 342 g/mol. The van der Waals surface area contributed by atoms with Gasteiger partial charge in [0, 0.05) is 12.6 Å².